The zero-order valence-electron chi connectivity index (χ0n) is 9.04. The highest BCUT2D eigenvalue weighted by molar-refractivity contribution is 5.79. The molecule has 1 aliphatic heterocycles. The lowest BCUT2D eigenvalue weighted by atomic mass is 10.1. The van der Waals surface area contributed by atoms with Crippen LogP contribution in [0.15, 0.2) is 18.5 Å². The van der Waals surface area contributed by atoms with Crippen LogP contribution in [-0.4, -0.2) is 34.5 Å². The minimum absolute atomic E-state index is 0. The molecule has 0 radical (unpaired) electrons. The number of fused-ring (bicyclic) bond motifs is 1. The lowest BCUT2D eigenvalue weighted by Crippen LogP contribution is -2.38. The number of aromatic nitrogens is 2. The van der Waals surface area contributed by atoms with E-state index in [1.54, 1.807) is 6.07 Å². The fourth-order valence-corrected chi connectivity index (χ4v) is 2.12. The van der Waals surface area contributed by atoms with Gasteiger partial charge in [-0.25, -0.2) is 9.37 Å². The Morgan fingerprint density at radius 1 is 1.41 bits per heavy atom. The van der Waals surface area contributed by atoms with Crippen LogP contribution in [0.4, 0.5) is 4.39 Å². The highest BCUT2D eigenvalue weighted by Gasteiger charge is 2.14. The molecule has 1 fully saturated rings. The van der Waals surface area contributed by atoms with E-state index in [1.807, 2.05) is 6.20 Å². The molecular formula is C13H18FN3. The van der Waals surface area contributed by atoms with Crippen LogP contribution < -0.4 is 0 Å². The molecule has 0 amide bonds. The normalized spacial score (nSPS) is 15.6. The average molecular weight is 235 g/mol. The molecule has 2 aromatic heterocycles. The van der Waals surface area contributed by atoms with Gasteiger partial charge in [-0.3, -0.25) is 0 Å². The number of hydrogen-bond donors (Lipinski definition) is 1. The van der Waals surface area contributed by atoms with Gasteiger partial charge in [0.15, 0.2) is 0 Å². The Morgan fingerprint density at radius 3 is 2.94 bits per heavy atom. The van der Waals surface area contributed by atoms with Crippen molar-refractivity contribution in [3.63, 3.8) is 0 Å². The predicted molar refractivity (Wildman–Crippen MR) is 67.5 cm³/mol. The largest absolute Gasteiger partial charge is 0.346 e. The summed E-state index contributed by atoms with van der Waals surface area (Å²) in [6.45, 7) is 3.47. The Bertz CT molecular complexity index is 502. The van der Waals surface area contributed by atoms with Crippen LogP contribution in [0.25, 0.3) is 11.0 Å². The summed E-state index contributed by atoms with van der Waals surface area (Å²) in [5.74, 6) is -0.266. The lowest BCUT2D eigenvalue weighted by molar-refractivity contribution is 0.184. The fourth-order valence-electron chi connectivity index (χ4n) is 2.12. The monoisotopic (exact) mass is 235 g/mol. The number of pyridine rings is 1. The van der Waals surface area contributed by atoms with Crippen molar-refractivity contribution in [3.8, 4) is 0 Å². The lowest BCUT2D eigenvalue weighted by Gasteiger charge is -2.30. The van der Waals surface area contributed by atoms with Gasteiger partial charge < -0.3 is 9.88 Å². The maximum absolute atomic E-state index is 13.1. The Hall–Kier alpha value is -1.42. The summed E-state index contributed by atoms with van der Waals surface area (Å²) in [5, 5.41) is 0.917. The Labute approximate surface area is 101 Å². The molecule has 92 valence electrons. The third-order valence-corrected chi connectivity index (χ3v) is 3.23. The molecule has 2 aromatic rings. The van der Waals surface area contributed by atoms with Crippen LogP contribution in [0.5, 0.6) is 0 Å². The van der Waals surface area contributed by atoms with E-state index in [-0.39, 0.29) is 13.2 Å². The van der Waals surface area contributed by atoms with Crippen LogP contribution in [0.3, 0.4) is 0 Å². The first-order valence-corrected chi connectivity index (χ1v) is 5.67. The topological polar surface area (TPSA) is 31.9 Å². The fraction of sp³-hybridized carbons (Fsp3) is 0.462. The highest BCUT2D eigenvalue weighted by Crippen LogP contribution is 2.18. The summed E-state index contributed by atoms with van der Waals surface area (Å²) in [5.41, 5.74) is 1.94. The maximum atomic E-state index is 13.1. The summed E-state index contributed by atoms with van der Waals surface area (Å²) >= 11 is 0. The Morgan fingerprint density at radius 2 is 2.24 bits per heavy atom. The standard InChI is InChI=1S/C12H14FN3.CH4/c13-10-6-11-9(2-5-16-3-1-4-16)7-14-12(11)15-8-10;/h6-8H,1-5H2,(H,14,15);1H4. The molecule has 0 atom stereocenters. The van der Waals surface area contributed by atoms with Crippen molar-refractivity contribution < 1.29 is 4.39 Å². The van der Waals surface area contributed by atoms with Crippen LogP contribution in [0.2, 0.25) is 0 Å². The number of likely N-dealkylation sites (tertiary alicyclic amines) is 1. The third-order valence-electron chi connectivity index (χ3n) is 3.23. The first-order chi connectivity index (χ1) is 7.83. The van der Waals surface area contributed by atoms with Crippen molar-refractivity contribution in [2.45, 2.75) is 20.3 Å². The van der Waals surface area contributed by atoms with E-state index < -0.39 is 0 Å². The molecule has 0 spiro atoms. The molecule has 17 heavy (non-hydrogen) atoms. The van der Waals surface area contributed by atoms with Crippen molar-refractivity contribution >= 4 is 11.0 Å². The number of nitrogens with one attached hydrogen (secondary N) is 1. The van der Waals surface area contributed by atoms with Gasteiger partial charge in [-0.05, 0) is 37.6 Å². The van der Waals surface area contributed by atoms with E-state index in [2.05, 4.69) is 14.9 Å². The van der Waals surface area contributed by atoms with Crippen LogP contribution >= 0.6 is 0 Å². The zero-order chi connectivity index (χ0) is 11.0. The molecular weight excluding hydrogens is 217 g/mol. The average Bonchev–Trinajstić information content (AvgIpc) is 2.59. The van der Waals surface area contributed by atoms with Gasteiger partial charge >= 0.3 is 0 Å². The number of nitrogens with zero attached hydrogens (tertiary/aromatic N) is 2. The number of halogens is 1. The Balaban J connectivity index is 0.00000108. The van der Waals surface area contributed by atoms with Gasteiger partial charge in [-0.1, -0.05) is 7.43 Å². The molecule has 1 saturated heterocycles. The molecule has 0 aliphatic carbocycles. The highest BCUT2D eigenvalue weighted by atomic mass is 19.1. The second kappa shape index (κ2) is 4.84. The van der Waals surface area contributed by atoms with E-state index in [9.17, 15) is 4.39 Å². The summed E-state index contributed by atoms with van der Waals surface area (Å²) in [6.07, 6.45) is 5.46. The van der Waals surface area contributed by atoms with Crippen molar-refractivity contribution in [1.29, 1.82) is 0 Å². The zero-order valence-corrected chi connectivity index (χ0v) is 9.04. The number of hydrogen-bond acceptors (Lipinski definition) is 2. The van der Waals surface area contributed by atoms with E-state index in [0.29, 0.717) is 0 Å². The number of H-pyrrole nitrogens is 1. The number of aromatic amines is 1. The van der Waals surface area contributed by atoms with Crippen LogP contribution in [-0.2, 0) is 6.42 Å². The van der Waals surface area contributed by atoms with Gasteiger partial charge in [0.05, 0.1) is 6.20 Å². The summed E-state index contributed by atoms with van der Waals surface area (Å²) in [4.78, 5) is 9.51. The molecule has 0 aromatic carbocycles. The van der Waals surface area contributed by atoms with Crippen molar-refractivity contribution in [3.05, 3.63) is 29.8 Å². The predicted octanol–water partition coefficient (Wildman–Crippen LogP) is 2.59. The maximum Gasteiger partial charge on any atom is 0.142 e. The van der Waals surface area contributed by atoms with Gasteiger partial charge in [-0.2, -0.15) is 0 Å². The van der Waals surface area contributed by atoms with Crippen molar-refractivity contribution in [1.82, 2.24) is 14.9 Å². The molecule has 3 nitrogen and oxygen atoms in total. The molecule has 3 rings (SSSR count). The quantitative estimate of drug-likeness (QED) is 0.886. The third kappa shape index (κ3) is 2.31. The molecule has 0 saturated carbocycles. The molecule has 0 bridgehead atoms. The van der Waals surface area contributed by atoms with Crippen molar-refractivity contribution in [2.24, 2.45) is 0 Å². The van der Waals surface area contributed by atoms with Gasteiger partial charge in [-0.15, -0.1) is 0 Å². The van der Waals surface area contributed by atoms with Gasteiger partial charge in [0.2, 0.25) is 0 Å². The molecule has 4 heteroatoms. The minimum atomic E-state index is -0.266. The summed E-state index contributed by atoms with van der Waals surface area (Å²) < 4.78 is 13.1. The molecule has 1 N–H and O–H groups in total. The molecule has 3 heterocycles. The molecule has 1 aliphatic rings. The number of rotatable bonds is 3. The smallest absolute Gasteiger partial charge is 0.142 e. The van der Waals surface area contributed by atoms with Gasteiger partial charge in [0.25, 0.3) is 0 Å². The van der Waals surface area contributed by atoms with E-state index >= 15 is 0 Å². The van der Waals surface area contributed by atoms with Crippen molar-refractivity contribution in [2.75, 3.05) is 19.6 Å². The van der Waals surface area contributed by atoms with Crippen LogP contribution in [0.1, 0.15) is 19.4 Å². The SMILES string of the molecule is C.Fc1cnc2[nH]cc(CCN3CCC3)c2c1. The first kappa shape index (κ1) is 12.0. The van der Waals surface area contributed by atoms with Gasteiger partial charge in [0.1, 0.15) is 11.5 Å². The minimum Gasteiger partial charge on any atom is -0.346 e. The second-order valence-corrected chi connectivity index (χ2v) is 4.31. The van der Waals surface area contributed by atoms with E-state index in [4.69, 9.17) is 0 Å². The van der Waals surface area contributed by atoms with Gasteiger partial charge in [0, 0.05) is 18.1 Å². The first-order valence-electron chi connectivity index (χ1n) is 5.67. The summed E-state index contributed by atoms with van der Waals surface area (Å²) in [6, 6.07) is 1.56. The van der Waals surface area contributed by atoms with E-state index in [0.717, 1.165) is 29.6 Å². The second-order valence-electron chi connectivity index (χ2n) is 4.31. The van der Waals surface area contributed by atoms with Crippen LogP contribution in [0, 0.1) is 5.82 Å². The molecule has 0 unspecified atom stereocenters. The summed E-state index contributed by atoms with van der Waals surface area (Å²) in [7, 11) is 0. The van der Waals surface area contributed by atoms with E-state index in [1.165, 1.54) is 25.7 Å². The Kier molecular flexibility index (Phi) is 3.43.